The maximum absolute atomic E-state index is 4.50. The molecule has 3 rings (SSSR count). The first kappa shape index (κ1) is 12.5. The van der Waals surface area contributed by atoms with Gasteiger partial charge in [0.05, 0.1) is 0 Å². The van der Waals surface area contributed by atoms with Crippen molar-refractivity contribution in [3.63, 3.8) is 0 Å². The molecule has 0 fully saturated rings. The van der Waals surface area contributed by atoms with Crippen molar-refractivity contribution in [2.24, 2.45) is 9.98 Å². The van der Waals surface area contributed by atoms with Crippen LogP contribution in [0.1, 0.15) is 11.1 Å². The number of hydrogen-bond donors (Lipinski definition) is 0. The SMILES string of the molecule is C=CC1(c2ccc(C3(C=C)C=CC=N3)cc2)C=CC=N1. The Bertz CT molecular complexity index is 574. The first-order valence-corrected chi connectivity index (χ1v) is 6.59. The third-order valence-corrected chi connectivity index (χ3v) is 3.88. The highest BCUT2D eigenvalue weighted by atomic mass is 14.9. The normalized spacial score (nSPS) is 30.0. The summed E-state index contributed by atoms with van der Waals surface area (Å²) in [7, 11) is 0. The molecule has 0 aliphatic carbocycles. The lowest BCUT2D eigenvalue weighted by Gasteiger charge is -2.24. The molecule has 20 heavy (non-hydrogen) atoms. The molecule has 0 N–H and O–H groups in total. The Hall–Kier alpha value is -2.48. The van der Waals surface area contributed by atoms with E-state index >= 15 is 0 Å². The first-order valence-electron chi connectivity index (χ1n) is 6.59. The second-order valence-electron chi connectivity index (χ2n) is 4.91. The second-order valence-corrected chi connectivity index (χ2v) is 4.91. The van der Waals surface area contributed by atoms with Crippen LogP contribution in [0.2, 0.25) is 0 Å². The summed E-state index contributed by atoms with van der Waals surface area (Å²) in [4.78, 5) is 9.01. The third-order valence-electron chi connectivity index (χ3n) is 3.88. The fourth-order valence-corrected chi connectivity index (χ4v) is 2.62. The summed E-state index contributed by atoms with van der Waals surface area (Å²) < 4.78 is 0. The van der Waals surface area contributed by atoms with Crippen molar-refractivity contribution in [3.05, 3.63) is 85.0 Å². The molecule has 0 saturated carbocycles. The van der Waals surface area contributed by atoms with Gasteiger partial charge >= 0.3 is 0 Å². The van der Waals surface area contributed by atoms with Crippen LogP contribution < -0.4 is 0 Å². The molecule has 1 aromatic rings. The standard InChI is InChI=1S/C18H16N2/c1-3-17(11-5-13-19-17)15-7-9-16(10-8-15)18(4-2)12-6-14-20-18/h3-14H,1-2H2. The topological polar surface area (TPSA) is 24.7 Å². The van der Waals surface area contributed by atoms with Crippen molar-refractivity contribution >= 4 is 12.4 Å². The summed E-state index contributed by atoms with van der Waals surface area (Å²) in [5.41, 5.74) is 1.36. The van der Waals surface area contributed by atoms with Gasteiger partial charge < -0.3 is 0 Å². The highest BCUT2D eigenvalue weighted by Gasteiger charge is 2.29. The highest BCUT2D eigenvalue weighted by Crippen LogP contribution is 2.35. The number of allylic oxidation sites excluding steroid dienone is 2. The van der Waals surface area contributed by atoms with Gasteiger partial charge in [-0.15, -0.1) is 13.2 Å². The largest absolute Gasteiger partial charge is 0.273 e. The van der Waals surface area contributed by atoms with Gasteiger partial charge in [-0.05, 0) is 35.4 Å². The van der Waals surface area contributed by atoms with E-state index < -0.39 is 11.1 Å². The summed E-state index contributed by atoms with van der Waals surface area (Å²) in [6.07, 6.45) is 15.3. The predicted octanol–water partition coefficient (Wildman–Crippen LogP) is 3.73. The van der Waals surface area contributed by atoms with Crippen LogP contribution in [-0.4, -0.2) is 12.4 Å². The van der Waals surface area contributed by atoms with E-state index in [1.807, 2.05) is 48.9 Å². The van der Waals surface area contributed by atoms with E-state index in [4.69, 9.17) is 0 Å². The minimum absolute atomic E-state index is 0.422. The molecule has 2 heteroatoms. The molecule has 0 saturated heterocycles. The van der Waals surface area contributed by atoms with Gasteiger partial charge in [0.1, 0.15) is 11.1 Å². The van der Waals surface area contributed by atoms with E-state index in [0.29, 0.717) is 0 Å². The Morgan fingerprint density at radius 1 is 0.750 bits per heavy atom. The zero-order chi connectivity index (χ0) is 14.1. The Labute approximate surface area is 119 Å². The summed E-state index contributed by atoms with van der Waals surface area (Å²) in [5, 5.41) is 0. The van der Waals surface area contributed by atoms with Crippen molar-refractivity contribution in [1.82, 2.24) is 0 Å². The maximum atomic E-state index is 4.50. The van der Waals surface area contributed by atoms with E-state index in [1.54, 1.807) is 0 Å². The minimum Gasteiger partial charge on any atom is -0.273 e. The lowest BCUT2D eigenvalue weighted by molar-refractivity contribution is 0.717. The first-order chi connectivity index (χ1) is 9.75. The number of aliphatic imine (C=N–C) groups is 2. The smallest absolute Gasteiger partial charge is 0.122 e. The summed E-state index contributed by atoms with van der Waals surface area (Å²) >= 11 is 0. The van der Waals surface area contributed by atoms with Crippen LogP contribution in [0.4, 0.5) is 0 Å². The quantitative estimate of drug-likeness (QED) is 0.737. The molecule has 0 aromatic heterocycles. The molecule has 0 amide bonds. The van der Waals surface area contributed by atoms with Gasteiger partial charge in [-0.3, -0.25) is 9.98 Å². The van der Waals surface area contributed by atoms with Crippen LogP contribution in [0, 0.1) is 0 Å². The van der Waals surface area contributed by atoms with Gasteiger partial charge in [-0.25, -0.2) is 0 Å². The van der Waals surface area contributed by atoms with Crippen molar-refractivity contribution in [1.29, 1.82) is 0 Å². The zero-order valence-corrected chi connectivity index (χ0v) is 11.2. The molecular weight excluding hydrogens is 244 g/mol. The van der Waals surface area contributed by atoms with E-state index in [9.17, 15) is 0 Å². The van der Waals surface area contributed by atoms with E-state index in [0.717, 1.165) is 11.1 Å². The van der Waals surface area contributed by atoms with Gasteiger partial charge in [0.2, 0.25) is 0 Å². The van der Waals surface area contributed by atoms with Gasteiger partial charge in [0, 0.05) is 12.4 Å². The van der Waals surface area contributed by atoms with Crippen LogP contribution in [0.3, 0.4) is 0 Å². The number of hydrogen-bond acceptors (Lipinski definition) is 2. The molecule has 0 radical (unpaired) electrons. The average molecular weight is 260 g/mol. The monoisotopic (exact) mass is 260 g/mol. The van der Waals surface area contributed by atoms with Gasteiger partial charge in [0.25, 0.3) is 0 Å². The molecule has 1 aromatic carbocycles. The minimum atomic E-state index is -0.422. The van der Waals surface area contributed by atoms with E-state index in [1.165, 1.54) is 0 Å². The maximum Gasteiger partial charge on any atom is 0.122 e. The van der Waals surface area contributed by atoms with Crippen LogP contribution in [0.15, 0.2) is 83.9 Å². The molecule has 2 unspecified atom stereocenters. The molecule has 2 atom stereocenters. The lowest BCUT2D eigenvalue weighted by Crippen LogP contribution is -2.18. The molecule has 0 bridgehead atoms. The predicted molar refractivity (Wildman–Crippen MR) is 85.5 cm³/mol. The van der Waals surface area contributed by atoms with E-state index in [2.05, 4.69) is 47.4 Å². The molecule has 2 heterocycles. The Morgan fingerprint density at radius 3 is 1.40 bits per heavy atom. The van der Waals surface area contributed by atoms with Crippen molar-refractivity contribution in [3.8, 4) is 0 Å². The highest BCUT2D eigenvalue weighted by molar-refractivity contribution is 5.77. The van der Waals surface area contributed by atoms with Crippen LogP contribution in [-0.2, 0) is 11.1 Å². The Kier molecular flexibility index (Phi) is 2.87. The summed E-state index contributed by atoms with van der Waals surface area (Å²) in [6, 6.07) is 8.32. The number of nitrogens with zero attached hydrogens (tertiary/aromatic N) is 2. The molecular formula is C18H16N2. The molecule has 98 valence electrons. The average Bonchev–Trinajstić information content (AvgIpc) is 3.18. The summed E-state index contributed by atoms with van der Waals surface area (Å²) in [6.45, 7) is 7.81. The molecule has 2 nitrogen and oxygen atoms in total. The third kappa shape index (κ3) is 1.73. The van der Waals surface area contributed by atoms with Crippen LogP contribution in [0.5, 0.6) is 0 Å². The Morgan fingerprint density at radius 2 is 1.15 bits per heavy atom. The van der Waals surface area contributed by atoms with Crippen molar-refractivity contribution in [2.45, 2.75) is 11.1 Å². The lowest BCUT2D eigenvalue weighted by atomic mass is 9.86. The van der Waals surface area contributed by atoms with Gasteiger partial charge in [0.15, 0.2) is 0 Å². The van der Waals surface area contributed by atoms with Gasteiger partial charge in [-0.2, -0.15) is 0 Å². The molecule has 0 spiro atoms. The van der Waals surface area contributed by atoms with Gasteiger partial charge in [-0.1, -0.05) is 36.4 Å². The number of rotatable bonds is 4. The van der Waals surface area contributed by atoms with Crippen molar-refractivity contribution in [2.75, 3.05) is 0 Å². The fraction of sp³-hybridized carbons (Fsp3) is 0.111. The second kappa shape index (κ2) is 4.57. The zero-order valence-electron chi connectivity index (χ0n) is 11.2. The van der Waals surface area contributed by atoms with Crippen LogP contribution >= 0.6 is 0 Å². The molecule has 2 aliphatic rings. The molecule has 2 aliphatic heterocycles. The van der Waals surface area contributed by atoms with Crippen LogP contribution in [0.25, 0.3) is 0 Å². The Balaban J connectivity index is 2.00. The van der Waals surface area contributed by atoms with Crippen molar-refractivity contribution < 1.29 is 0 Å². The fourth-order valence-electron chi connectivity index (χ4n) is 2.62. The number of benzene rings is 1. The van der Waals surface area contributed by atoms with E-state index in [-0.39, 0.29) is 0 Å². The summed E-state index contributed by atoms with van der Waals surface area (Å²) in [5.74, 6) is 0.